The van der Waals surface area contributed by atoms with Gasteiger partial charge in [0.2, 0.25) is 0 Å². The fourth-order valence-electron chi connectivity index (χ4n) is 2.78. The van der Waals surface area contributed by atoms with E-state index in [1.807, 2.05) is 58.0 Å². The highest BCUT2D eigenvalue weighted by atomic mass is 16.5. The van der Waals surface area contributed by atoms with E-state index < -0.39 is 0 Å². The molecule has 134 valence electrons. The summed E-state index contributed by atoms with van der Waals surface area (Å²) < 4.78 is 11.2. The van der Waals surface area contributed by atoms with E-state index in [1.165, 1.54) is 0 Å². The average molecular weight is 341 g/mol. The Morgan fingerprint density at radius 1 is 0.920 bits per heavy atom. The monoisotopic (exact) mass is 341 g/mol. The number of aryl methyl sites for hydroxylation is 2. The van der Waals surface area contributed by atoms with E-state index in [0.717, 1.165) is 34.6 Å². The van der Waals surface area contributed by atoms with Crippen LogP contribution in [0.15, 0.2) is 36.4 Å². The molecule has 2 rings (SSSR count). The van der Waals surface area contributed by atoms with Crippen LogP contribution in [0.2, 0.25) is 0 Å². The van der Waals surface area contributed by atoms with Gasteiger partial charge < -0.3 is 14.8 Å². The quantitative estimate of drug-likeness (QED) is 0.787. The zero-order valence-electron chi connectivity index (χ0n) is 15.5. The van der Waals surface area contributed by atoms with Gasteiger partial charge in [0.1, 0.15) is 0 Å². The molecule has 0 aliphatic carbocycles. The van der Waals surface area contributed by atoms with Gasteiger partial charge in [0, 0.05) is 12.1 Å². The van der Waals surface area contributed by atoms with Gasteiger partial charge in [0.15, 0.2) is 11.5 Å². The molecule has 0 saturated carbocycles. The second kappa shape index (κ2) is 9.11. The Morgan fingerprint density at radius 3 is 2.20 bits per heavy atom. The second-order valence-corrected chi connectivity index (χ2v) is 6.03. The molecule has 0 spiro atoms. The van der Waals surface area contributed by atoms with Crippen molar-refractivity contribution in [1.82, 2.24) is 5.32 Å². The number of carbonyl (C=O) groups is 1. The van der Waals surface area contributed by atoms with Crippen molar-refractivity contribution in [1.29, 1.82) is 0 Å². The molecule has 1 N–H and O–H groups in total. The van der Waals surface area contributed by atoms with E-state index in [9.17, 15) is 4.79 Å². The lowest BCUT2D eigenvalue weighted by atomic mass is 10.1. The normalized spacial score (nSPS) is 10.4. The van der Waals surface area contributed by atoms with Crippen molar-refractivity contribution in [2.75, 3.05) is 19.8 Å². The standard InChI is InChI=1S/C21H27NO3/c1-5-24-19-8-7-17(14-20(19)25-6-2)9-10-22-21(23)18-12-15(3)11-16(4)13-18/h7-8,11-14H,5-6,9-10H2,1-4H3,(H,22,23). The number of nitrogens with one attached hydrogen (secondary N) is 1. The van der Waals surface area contributed by atoms with Gasteiger partial charge in [-0.2, -0.15) is 0 Å². The molecular weight excluding hydrogens is 314 g/mol. The summed E-state index contributed by atoms with van der Waals surface area (Å²) in [4.78, 5) is 12.3. The minimum absolute atomic E-state index is 0.0391. The maximum absolute atomic E-state index is 12.3. The van der Waals surface area contributed by atoms with Crippen molar-refractivity contribution in [3.8, 4) is 11.5 Å². The summed E-state index contributed by atoms with van der Waals surface area (Å²) in [6.45, 7) is 9.67. The van der Waals surface area contributed by atoms with Gasteiger partial charge in [-0.25, -0.2) is 0 Å². The van der Waals surface area contributed by atoms with Crippen LogP contribution in [0, 0.1) is 13.8 Å². The summed E-state index contributed by atoms with van der Waals surface area (Å²) >= 11 is 0. The third-order valence-electron chi connectivity index (χ3n) is 3.79. The van der Waals surface area contributed by atoms with Crippen LogP contribution >= 0.6 is 0 Å². The van der Waals surface area contributed by atoms with Gasteiger partial charge in [-0.1, -0.05) is 23.3 Å². The molecule has 0 radical (unpaired) electrons. The van der Waals surface area contributed by atoms with E-state index >= 15 is 0 Å². The van der Waals surface area contributed by atoms with Crippen LogP contribution in [0.4, 0.5) is 0 Å². The third kappa shape index (κ3) is 5.52. The molecule has 0 heterocycles. The van der Waals surface area contributed by atoms with Crippen LogP contribution in [-0.4, -0.2) is 25.7 Å². The van der Waals surface area contributed by atoms with E-state index in [0.29, 0.717) is 25.3 Å². The summed E-state index contributed by atoms with van der Waals surface area (Å²) in [5.74, 6) is 1.47. The highest BCUT2D eigenvalue weighted by Crippen LogP contribution is 2.28. The van der Waals surface area contributed by atoms with Crippen molar-refractivity contribution in [2.45, 2.75) is 34.1 Å². The Bertz CT molecular complexity index is 705. The Labute approximate surface area is 150 Å². The van der Waals surface area contributed by atoms with E-state index in [1.54, 1.807) is 0 Å². The molecule has 2 aromatic rings. The zero-order chi connectivity index (χ0) is 18.2. The Morgan fingerprint density at radius 2 is 1.56 bits per heavy atom. The van der Waals surface area contributed by atoms with Gasteiger partial charge in [0.05, 0.1) is 13.2 Å². The van der Waals surface area contributed by atoms with Crippen molar-refractivity contribution >= 4 is 5.91 Å². The predicted octanol–water partition coefficient (Wildman–Crippen LogP) is 4.07. The van der Waals surface area contributed by atoms with Crippen LogP contribution in [0.5, 0.6) is 11.5 Å². The number of hydrogen-bond acceptors (Lipinski definition) is 3. The third-order valence-corrected chi connectivity index (χ3v) is 3.79. The maximum Gasteiger partial charge on any atom is 0.251 e. The second-order valence-electron chi connectivity index (χ2n) is 6.03. The minimum Gasteiger partial charge on any atom is -0.490 e. The molecule has 0 aromatic heterocycles. The fraction of sp³-hybridized carbons (Fsp3) is 0.381. The molecule has 1 amide bonds. The van der Waals surface area contributed by atoms with Crippen LogP contribution in [0.3, 0.4) is 0 Å². The van der Waals surface area contributed by atoms with Crippen LogP contribution < -0.4 is 14.8 Å². The number of hydrogen-bond donors (Lipinski definition) is 1. The molecule has 0 atom stereocenters. The Hall–Kier alpha value is -2.49. The van der Waals surface area contributed by atoms with Gasteiger partial charge in [0.25, 0.3) is 5.91 Å². The van der Waals surface area contributed by atoms with Crippen molar-refractivity contribution < 1.29 is 14.3 Å². The van der Waals surface area contributed by atoms with E-state index in [-0.39, 0.29) is 5.91 Å². The lowest BCUT2D eigenvalue weighted by molar-refractivity contribution is 0.0954. The molecule has 2 aromatic carbocycles. The molecule has 0 unspecified atom stereocenters. The van der Waals surface area contributed by atoms with Crippen molar-refractivity contribution in [3.05, 3.63) is 58.7 Å². The summed E-state index contributed by atoms with van der Waals surface area (Å²) in [7, 11) is 0. The Balaban J connectivity index is 1.96. The number of ether oxygens (including phenoxy) is 2. The molecule has 0 aliphatic rings. The first-order valence-electron chi connectivity index (χ1n) is 8.78. The summed E-state index contributed by atoms with van der Waals surface area (Å²) in [5.41, 5.74) is 4.00. The first-order chi connectivity index (χ1) is 12.0. The van der Waals surface area contributed by atoms with Gasteiger partial charge in [-0.05, 0) is 63.9 Å². The zero-order valence-corrected chi connectivity index (χ0v) is 15.5. The highest BCUT2D eigenvalue weighted by molar-refractivity contribution is 5.94. The van der Waals surface area contributed by atoms with Gasteiger partial charge in [-0.3, -0.25) is 4.79 Å². The summed E-state index contributed by atoms with van der Waals surface area (Å²) in [6, 6.07) is 11.8. The molecule has 4 heteroatoms. The molecule has 0 bridgehead atoms. The number of rotatable bonds is 8. The SMILES string of the molecule is CCOc1ccc(CCNC(=O)c2cc(C)cc(C)c2)cc1OCC. The first-order valence-corrected chi connectivity index (χ1v) is 8.78. The van der Waals surface area contributed by atoms with E-state index in [2.05, 4.69) is 11.4 Å². The Kier molecular flexibility index (Phi) is 6.87. The number of carbonyl (C=O) groups excluding carboxylic acids is 1. The van der Waals surface area contributed by atoms with Crippen molar-refractivity contribution in [2.24, 2.45) is 0 Å². The predicted molar refractivity (Wildman–Crippen MR) is 101 cm³/mol. The molecule has 0 saturated heterocycles. The summed E-state index contributed by atoms with van der Waals surface area (Å²) in [5, 5.41) is 2.98. The maximum atomic E-state index is 12.3. The lowest BCUT2D eigenvalue weighted by Gasteiger charge is -2.13. The largest absolute Gasteiger partial charge is 0.490 e. The van der Waals surface area contributed by atoms with Crippen LogP contribution in [0.1, 0.15) is 40.9 Å². The molecular formula is C21H27NO3. The van der Waals surface area contributed by atoms with E-state index in [4.69, 9.17) is 9.47 Å². The lowest BCUT2D eigenvalue weighted by Crippen LogP contribution is -2.25. The topological polar surface area (TPSA) is 47.6 Å². The molecule has 0 fully saturated rings. The minimum atomic E-state index is -0.0391. The average Bonchev–Trinajstić information content (AvgIpc) is 2.56. The van der Waals surface area contributed by atoms with Gasteiger partial charge >= 0.3 is 0 Å². The number of benzene rings is 2. The molecule has 0 aliphatic heterocycles. The smallest absolute Gasteiger partial charge is 0.251 e. The fourth-order valence-corrected chi connectivity index (χ4v) is 2.78. The highest BCUT2D eigenvalue weighted by Gasteiger charge is 2.08. The van der Waals surface area contributed by atoms with Crippen molar-refractivity contribution in [3.63, 3.8) is 0 Å². The van der Waals surface area contributed by atoms with Crippen LogP contribution in [-0.2, 0) is 6.42 Å². The summed E-state index contributed by atoms with van der Waals surface area (Å²) in [6.07, 6.45) is 0.739. The van der Waals surface area contributed by atoms with Gasteiger partial charge in [-0.15, -0.1) is 0 Å². The number of amides is 1. The molecule has 4 nitrogen and oxygen atoms in total. The first kappa shape index (κ1) is 18.8. The molecule has 25 heavy (non-hydrogen) atoms. The van der Waals surface area contributed by atoms with Crippen LogP contribution in [0.25, 0.3) is 0 Å².